The van der Waals surface area contributed by atoms with Crippen LogP contribution < -0.4 is 5.32 Å². The molecule has 2 aromatic rings. The van der Waals surface area contributed by atoms with Crippen LogP contribution in [0.5, 0.6) is 0 Å². The number of aryl methyl sites for hydroxylation is 1. The number of hydrogen-bond donors (Lipinski definition) is 1. The van der Waals surface area contributed by atoms with Crippen molar-refractivity contribution < 1.29 is 4.42 Å². The SMILES string of the molecule is Cc1sc(CNC(C)Cc2ccco2)cc1Br. The third-order valence-corrected chi connectivity index (χ3v) is 4.76. The number of halogens is 1. The average molecular weight is 314 g/mol. The van der Waals surface area contributed by atoms with Gasteiger partial charge in [-0.2, -0.15) is 0 Å². The van der Waals surface area contributed by atoms with Crippen molar-refractivity contribution in [3.63, 3.8) is 0 Å². The van der Waals surface area contributed by atoms with Gasteiger partial charge in [-0.3, -0.25) is 0 Å². The second kappa shape index (κ2) is 5.85. The second-order valence-corrected chi connectivity index (χ2v) is 6.38. The molecule has 2 rings (SSSR count). The summed E-state index contributed by atoms with van der Waals surface area (Å²) in [7, 11) is 0. The van der Waals surface area contributed by atoms with E-state index in [1.54, 1.807) is 6.26 Å². The first-order valence-electron chi connectivity index (χ1n) is 5.65. The van der Waals surface area contributed by atoms with Crippen LogP contribution in [-0.2, 0) is 13.0 Å². The molecule has 0 saturated carbocycles. The fourth-order valence-corrected chi connectivity index (χ4v) is 3.24. The van der Waals surface area contributed by atoms with E-state index >= 15 is 0 Å². The molecule has 2 aromatic heterocycles. The fourth-order valence-electron chi connectivity index (χ4n) is 1.68. The number of thiophene rings is 1. The third-order valence-electron chi connectivity index (χ3n) is 2.62. The summed E-state index contributed by atoms with van der Waals surface area (Å²) < 4.78 is 6.54. The Kier molecular flexibility index (Phi) is 4.42. The van der Waals surface area contributed by atoms with Gasteiger partial charge in [-0.1, -0.05) is 0 Å². The molecule has 0 aromatic carbocycles. The van der Waals surface area contributed by atoms with Crippen molar-refractivity contribution in [1.82, 2.24) is 5.32 Å². The van der Waals surface area contributed by atoms with Crippen molar-refractivity contribution in [2.45, 2.75) is 32.9 Å². The van der Waals surface area contributed by atoms with Gasteiger partial charge in [0.2, 0.25) is 0 Å². The highest BCUT2D eigenvalue weighted by atomic mass is 79.9. The molecule has 0 saturated heterocycles. The molecule has 0 amide bonds. The first-order valence-corrected chi connectivity index (χ1v) is 7.26. The van der Waals surface area contributed by atoms with E-state index in [-0.39, 0.29) is 0 Å². The van der Waals surface area contributed by atoms with Crippen molar-refractivity contribution >= 4 is 27.3 Å². The van der Waals surface area contributed by atoms with E-state index in [4.69, 9.17) is 4.42 Å². The maximum atomic E-state index is 5.33. The minimum absolute atomic E-state index is 0.419. The highest BCUT2D eigenvalue weighted by Gasteiger charge is 2.07. The standard InChI is InChI=1S/C13H16BrNOS/c1-9(6-11-4-3-5-16-11)15-8-12-7-13(14)10(2)17-12/h3-5,7,9,15H,6,8H2,1-2H3. The van der Waals surface area contributed by atoms with Crippen LogP contribution in [0.4, 0.5) is 0 Å². The van der Waals surface area contributed by atoms with E-state index in [0.29, 0.717) is 6.04 Å². The Morgan fingerprint density at radius 3 is 2.94 bits per heavy atom. The van der Waals surface area contributed by atoms with Crippen molar-refractivity contribution in [3.8, 4) is 0 Å². The summed E-state index contributed by atoms with van der Waals surface area (Å²) in [6.07, 6.45) is 2.65. The zero-order valence-electron chi connectivity index (χ0n) is 10.00. The molecule has 0 aliphatic heterocycles. The van der Waals surface area contributed by atoms with Gasteiger partial charge < -0.3 is 9.73 Å². The molecule has 0 spiro atoms. The summed E-state index contributed by atoms with van der Waals surface area (Å²) in [4.78, 5) is 2.70. The Bertz CT molecular complexity index is 444. The van der Waals surface area contributed by atoms with Gasteiger partial charge >= 0.3 is 0 Å². The molecule has 92 valence electrons. The van der Waals surface area contributed by atoms with Crippen molar-refractivity contribution in [2.24, 2.45) is 0 Å². The lowest BCUT2D eigenvalue weighted by Gasteiger charge is -2.11. The van der Waals surface area contributed by atoms with Crippen molar-refractivity contribution in [2.75, 3.05) is 0 Å². The molecule has 0 aliphatic carbocycles. The Hall–Kier alpha value is -0.580. The summed E-state index contributed by atoms with van der Waals surface area (Å²) in [6, 6.07) is 6.56. The summed E-state index contributed by atoms with van der Waals surface area (Å²) in [6.45, 7) is 5.22. The van der Waals surface area contributed by atoms with Gasteiger partial charge in [0.15, 0.2) is 0 Å². The zero-order chi connectivity index (χ0) is 12.3. The number of nitrogens with one attached hydrogen (secondary N) is 1. The smallest absolute Gasteiger partial charge is 0.105 e. The van der Waals surface area contributed by atoms with Crippen molar-refractivity contribution in [3.05, 3.63) is 44.4 Å². The Labute approximate surface area is 114 Å². The topological polar surface area (TPSA) is 25.2 Å². The van der Waals surface area contributed by atoms with Gasteiger partial charge in [0.1, 0.15) is 5.76 Å². The Morgan fingerprint density at radius 2 is 2.35 bits per heavy atom. The predicted octanol–water partition coefficient (Wildman–Crippen LogP) is 4.13. The molecule has 0 aliphatic rings. The highest BCUT2D eigenvalue weighted by Crippen LogP contribution is 2.26. The van der Waals surface area contributed by atoms with Gasteiger partial charge in [0.25, 0.3) is 0 Å². The van der Waals surface area contributed by atoms with Crippen LogP contribution in [0.3, 0.4) is 0 Å². The molecule has 1 atom stereocenters. The van der Waals surface area contributed by atoms with E-state index in [1.807, 2.05) is 23.5 Å². The summed E-state index contributed by atoms with van der Waals surface area (Å²) >= 11 is 5.37. The monoisotopic (exact) mass is 313 g/mol. The summed E-state index contributed by atoms with van der Waals surface area (Å²) in [5, 5.41) is 3.51. The Morgan fingerprint density at radius 1 is 1.53 bits per heavy atom. The molecule has 1 N–H and O–H groups in total. The average Bonchev–Trinajstić information content (AvgIpc) is 2.87. The zero-order valence-corrected chi connectivity index (χ0v) is 12.4. The lowest BCUT2D eigenvalue weighted by atomic mass is 10.2. The first-order chi connectivity index (χ1) is 8.15. The van der Waals surface area contributed by atoms with E-state index < -0.39 is 0 Å². The molecule has 0 radical (unpaired) electrons. The quantitative estimate of drug-likeness (QED) is 0.897. The van der Waals surface area contributed by atoms with Crippen LogP contribution in [0.15, 0.2) is 33.4 Å². The van der Waals surface area contributed by atoms with E-state index in [9.17, 15) is 0 Å². The van der Waals surface area contributed by atoms with Gasteiger partial charge in [-0.15, -0.1) is 11.3 Å². The maximum absolute atomic E-state index is 5.33. The van der Waals surface area contributed by atoms with E-state index in [2.05, 4.69) is 41.2 Å². The van der Waals surface area contributed by atoms with E-state index in [0.717, 1.165) is 18.7 Å². The second-order valence-electron chi connectivity index (χ2n) is 4.18. The number of rotatable bonds is 5. The summed E-state index contributed by atoms with van der Waals surface area (Å²) in [5.74, 6) is 1.04. The fraction of sp³-hybridized carbons (Fsp3) is 0.385. The predicted molar refractivity (Wildman–Crippen MR) is 75.5 cm³/mol. The highest BCUT2D eigenvalue weighted by molar-refractivity contribution is 9.10. The molecular formula is C13H16BrNOS. The normalized spacial score (nSPS) is 12.9. The lowest BCUT2D eigenvalue weighted by Crippen LogP contribution is -2.26. The Balaban J connectivity index is 1.81. The van der Waals surface area contributed by atoms with Crippen molar-refractivity contribution in [1.29, 1.82) is 0 Å². The van der Waals surface area contributed by atoms with Crippen LogP contribution in [0.1, 0.15) is 22.4 Å². The van der Waals surface area contributed by atoms with Crippen LogP contribution in [0.25, 0.3) is 0 Å². The molecular weight excluding hydrogens is 298 g/mol. The molecule has 0 bridgehead atoms. The third kappa shape index (κ3) is 3.69. The van der Waals surface area contributed by atoms with Crippen LogP contribution in [-0.4, -0.2) is 6.04 Å². The summed E-state index contributed by atoms with van der Waals surface area (Å²) in [5.41, 5.74) is 0. The van der Waals surface area contributed by atoms with Crippen LogP contribution >= 0.6 is 27.3 Å². The molecule has 4 heteroatoms. The van der Waals surface area contributed by atoms with Gasteiger partial charge in [0.05, 0.1) is 6.26 Å². The van der Waals surface area contributed by atoms with Crippen LogP contribution in [0.2, 0.25) is 0 Å². The minimum Gasteiger partial charge on any atom is -0.469 e. The molecule has 0 fully saturated rings. The maximum Gasteiger partial charge on any atom is 0.105 e. The number of hydrogen-bond acceptors (Lipinski definition) is 3. The lowest BCUT2D eigenvalue weighted by molar-refractivity contribution is 0.457. The first kappa shape index (κ1) is 12.9. The number of furan rings is 1. The van der Waals surface area contributed by atoms with Gasteiger partial charge in [-0.25, -0.2) is 0 Å². The molecule has 2 nitrogen and oxygen atoms in total. The molecule has 1 unspecified atom stereocenters. The minimum atomic E-state index is 0.419. The van der Waals surface area contributed by atoms with Gasteiger partial charge in [-0.05, 0) is 48.0 Å². The molecule has 2 heterocycles. The molecule has 17 heavy (non-hydrogen) atoms. The van der Waals surface area contributed by atoms with Gasteiger partial charge in [0, 0.05) is 33.2 Å². The largest absolute Gasteiger partial charge is 0.469 e. The van der Waals surface area contributed by atoms with Crippen LogP contribution in [0, 0.1) is 6.92 Å². The van der Waals surface area contributed by atoms with E-state index in [1.165, 1.54) is 14.2 Å².